The maximum absolute atomic E-state index is 5.86. The van der Waals surface area contributed by atoms with Gasteiger partial charge in [-0.25, -0.2) is 4.98 Å². The highest BCUT2D eigenvalue weighted by molar-refractivity contribution is 7.17. The van der Waals surface area contributed by atoms with E-state index in [0.29, 0.717) is 12.5 Å². The Morgan fingerprint density at radius 3 is 2.94 bits per heavy atom. The highest BCUT2D eigenvalue weighted by Gasteiger charge is 2.09. The molecule has 0 amide bonds. The van der Waals surface area contributed by atoms with Crippen LogP contribution in [0.1, 0.15) is 4.88 Å². The predicted molar refractivity (Wildman–Crippen MR) is 75.9 cm³/mol. The van der Waals surface area contributed by atoms with E-state index in [1.807, 2.05) is 17.5 Å². The number of hydrogen-bond acceptors (Lipinski definition) is 5. The average molecular weight is 297 g/mol. The third-order valence-electron chi connectivity index (χ3n) is 2.41. The first-order valence-electron chi connectivity index (χ1n) is 5.39. The summed E-state index contributed by atoms with van der Waals surface area (Å²) in [6, 6.07) is 6.06. The van der Waals surface area contributed by atoms with Gasteiger partial charge >= 0.3 is 0 Å². The Labute approximate surface area is 117 Å². The number of nitrogens with zero attached hydrogens (tertiary/aromatic N) is 2. The molecule has 0 aliphatic rings. The molecule has 0 radical (unpaired) electrons. The first-order chi connectivity index (χ1) is 8.83. The molecule has 0 atom stereocenters. The van der Waals surface area contributed by atoms with Crippen LogP contribution in [0.5, 0.6) is 5.88 Å². The van der Waals surface area contributed by atoms with Crippen molar-refractivity contribution in [3.8, 4) is 5.88 Å². The number of thiophene rings is 2. The van der Waals surface area contributed by atoms with Crippen LogP contribution in [0, 0.1) is 0 Å². The molecular weight excluding hydrogens is 288 g/mol. The van der Waals surface area contributed by atoms with Gasteiger partial charge in [-0.1, -0.05) is 6.07 Å². The first-order valence-corrected chi connectivity index (χ1v) is 7.52. The third-order valence-corrected chi connectivity index (χ3v) is 4.41. The van der Waals surface area contributed by atoms with Gasteiger partial charge in [-0.05, 0) is 34.5 Å². The molecule has 18 heavy (non-hydrogen) atoms. The smallest absolute Gasteiger partial charge is 0.236 e. The maximum Gasteiger partial charge on any atom is 0.236 e. The van der Waals surface area contributed by atoms with Gasteiger partial charge in [-0.3, -0.25) is 0 Å². The average Bonchev–Trinajstić information content (AvgIpc) is 2.98. The van der Waals surface area contributed by atoms with E-state index in [0.717, 1.165) is 16.6 Å². The Bertz CT molecular complexity index is 651. The summed E-state index contributed by atoms with van der Waals surface area (Å²) in [6.45, 7) is 0.598. The number of ether oxygens (including phenoxy) is 1. The summed E-state index contributed by atoms with van der Waals surface area (Å²) in [4.78, 5) is 9.58. The quantitative estimate of drug-likeness (QED) is 0.682. The summed E-state index contributed by atoms with van der Waals surface area (Å²) in [5, 5.41) is 4.25. The molecule has 0 aromatic carbocycles. The van der Waals surface area contributed by atoms with Crippen molar-refractivity contribution in [1.82, 2.24) is 9.97 Å². The normalized spacial score (nSPS) is 10.9. The van der Waals surface area contributed by atoms with Crippen molar-refractivity contribution in [3.05, 3.63) is 39.1 Å². The molecule has 3 aromatic rings. The Balaban J connectivity index is 1.75. The monoisotopic (exact) mass is 296 g/mol. The molecule has 3 nitrogen and oxygen atoms in total. The molecule has 0 fully saturated rings. The maximum atomic E-state index is 5.86. The first kappa shape index (κ1) is 11.9. The Morgan fingerprint density at radius 1 is 1.17 bits per heavy atom. The summed E-state index contributed by atoms with van der Waals surface area (Å²) in [6.07, 6.45) is 0.881. The topological polar surface area (TPSA) is 35.0 Å². The molecule has 6 heteroatoms. The lowest BCUT2D eigenvalue weighted by atomic mass is 10.4. The molecule has 0 saturated carbocycles. The van der Waals surface area contributed by atoms with E-state index in [2.05, 4.69) is 21.4 Å². The van der Waals surface area contributed by atoms with Crippen molar-refractivity contribution >= 4 is 44.5 Å². The molecule has 0 spiro atoms. The fraction of sp³-hybridized carbons (Fsp3) is 0.167. The second-order valence-electron chi connectivity index (χ2n) is 3.61. The molecule has 3 rings (SSSR count). The number of halogens is 1. The van der Waals surface area contributed by atoms with Gasteiger partial charge in [0.05, 0.1) is 12.1 Å². The lowest BCUT2D eigenvalue weighted by molar-refractivity contribution is 0.315. The summed E-state index contributed by atoms with van der Waals surface area (Å²) in [5.74, 6) is 0.580. The summed E-state index contributed by atoms with van der Waals surface area (Å²) < 4.78 is 6.66. The molecule has 0 aliphatic heterocycles. The van der Waals surface area contributed by atoms with Crippen LogP contribution in [0.4, 0.5) is 0 Å². The number of hydrogen-bond donors (Lipinski definition) is 0. The van der Waals surface area contributed by atoms with Gasteiger partial charge < -0.3 is 4.74 Å². The van der Waals surface area contributed by atoms with E-state index >= 15 is 0 Å². The predicted octanol–water partition coefficient (Wildman–Crippen LogP) is 4.03. The van der Waals surface area contributed by atoms with E-state index in [1.165, 1.54) is 4.88 Å². The second-order valence-corrected chi connectivity index (χ2v) is 5.90. The van der Waals surface area contributed by atoms with Crippen LogP contribution in [0.3, 0.4) is 0 Å². The van der Waals surface area contributed by atoms with Crippen molar-refractivity contribution < 1.29 is 4.74 Å². The van der Waals surface area contributed by atoms with Crippen molar-refractivity contribution in [2.24, 2.45) is 0 Å². The number of aromatic nitrogens is 2. The van der Waals surface area contributed by atoms with Gasteiger partial charge in [-0.2, -0.15) is 4.98 Å². The van der Waals surface area contributed by atoms with Crippen molar-refractivity contribution in [3.63, 3.8) is 0 Å². The summed E-state index contributed by atoms with van der Waals surface area (Å²) >= 11 is 9.16. The van der Waals surface area contributed by atoms with E-state index < -0.39 is 0 Å². The summed E-state index contributed by atoms with van der Waals surface area (Å²) in [7, 11) is 0. The Morgan fingerprint density at radius 2 is 2.11 bits per heavy atom. The zero-order valence-electron chi connectivity index (χ0n) is 9.30. The minimum absolute atomic E-state index is 0.229. The Hall–Kier alpha value is -1.17. The zero-order valence-corrected chi connectivity index (χ0v) is 11.7. The molecule has 92 valence electrons. The highest BCUT2D eigenvalue weighted by atomic mass is 35.5. The second kappa shape index (κ2) is 5.22. The minimum atomic E-state index is 0.229. The van der Waals surface area contributed by atoms with Gasteiger partial charge in [-0.15, -0.1) is 22.7 Å². The van der Waals surface area contributed by atoms with Crippen LogP contribution in [-0.4, -0.2) is 16.6 Å². The number of rotatable bonds is 4. The van der Waals surface area contributed by atoms with Crippen LogP contribution < -0.4 is 4.74 Å². The largest absolute Gasteiger partial charge is 0.476 e. The molecule has 0 saturated heterocycles. The van der Waals surface area contributed by atoms with Crippen molar-refractivity contribution in [2.45, 2.75) is 6.42 Å². The standard InChI is InChI=1S/C12H9ClN2OS2/c13-12-14-9-4-7-18-10(9)11(15-12)16-5-3-8-2-1-6-17-8/h1-2,4,6-7H,3,5H2. The third kappa shape index (κ3) is 2.48. The van der Waals surface area contributed by atoms with Crippen LogP contribution in [0.15, 0.2) is 29.0 Å². The number of fused-ring (bicyclic) bond motifs is 1. The molecule has 0 unspecified atom stereocenters. The van der Waals surface area contributed by atoms with Gasteiger partial charge in [0, 0.05) is 11.3 Å². The lowest BCUT2D eigenvalue weighted by Crippen LogP contribution is -2.02. The van der Waals surface area contributed by atoms with Crippen molar-refractivity contribution in [2.75, 3.05) is 6.61 Å². The zero-order chi connectivity index (χ0) is 12.4. The van der Waals surface area contributed by atoms with Crippen LogP contribution in [-0.2, 0) is 6.42 Å². The van der Waals surface area contributed by atoms with E-state index in [4.69, 9.17) is 16.3 Å². The van der Waals surface area contributed by atoms with Crippen molar-refractivity contribution in [1.29, 1.82) is 0 Å². The van der Waals surface area contributed by atoms with Crippen LogP contribution in [0.2, 0.25) is 5.28 Å². The lowest BCUT2D eigenvalue weighted by Gasteiger charge is -2.05. The van der Waals surface area contributed by atoms with Crippen LogP contribution in [0.25, 0.3) is 10.2 Å². The summed E-state index contributed by atoms with van der Waals surface area (Å²) in [5.41, 5.74) is 0.839. The molecule has 0 bridgehead atoms. The SMILES string of the molecule is Clc1nc(OCCc2cccs2)c2sccc2n1. The van der Waals surface area contributed by atoms with Gasteiger partial charge in [0.2, 0.25) is 11.2 Å². The van der Waals surface area contributed by atoms with E-state index in [1.54, 1.807) is 22.7 Å². The highest BCUT2D eigenvalue weighted by Crippen LogP contribution is 2.29. The fourth-order valence-electron chi connectivity index (χ4n) is 1.61. The van der Waals surface area contributed by atoms with Gasteiger partial charge in [0.15, 0.2) is 0 Å². The molecular formula is C12H9ClN2OS2. The molecule has 0 N–H and O–H groups in total. The molecule has 3 aromatic heterocycles. The minimum Gasteiger partial charge on any atom is -0.476 e. The van der Waals surface area contributed by atoms with E-state index in [9.17, 15) is 0 Å². The van der Waals surface area contributed by atoms with E-state index in [-0.39, 0.29) is 5.28 Å². The molecule has 0 aliphatic carbocycles. The van der Waals surface area contributed by atoms with Gasteiger partial charge in [0.25, 0.3) is 0 Å². The van der Waals surface area contributed by atoms with Crippen LogP contribution >= 0.6 is 34.3 Å². The fourth-order valence-corrected chi connectivity index (χ4v) is 3.24. The van der Waals surface area contributed by atoms with Gasteiger partial charge in [0.1, 0.15) is 4.70 Å². The Kier molecular flexibility index (Phi) is 3.45. The molecule has 3 heterocycles.